The lowest BCUT2D eigenvalue weighted by Crippen LogP contribution is -2.16. The second-order valence-electron chi connectivity index (χ2n) is 4.69. The van der Waals surface area contributed by atoms with Gasteiger partial charge in [0.1, 0.15) is 0 Å². The van der Waals surface area contributed by atoms with E-state index in [2.05, 4.69) is 15.5 Å². The number of hydrogen-bond donors (Lipinski definition) is 2. The second kappa shape index (κ2) is 7.73. The minimum Gasteiger partial charge on any atom is -0.335 e. The van der Waals surface area contributed by atoms with E-state index in [4.69, 9.17) is 5.84 Å². The van der Waals surface area contributed by atoms with Crippen LogP contribution < -0.4 is 11.2 Å². The third kappa shape index (κ3) is 3.74. The molecule has 0 radical (unpaired) electrons. The molecule has 0 aliphatic carbocycles. The molecule has 0 saturated carbocycles. The minimum atomic E-state index is -0.109. The summed E-state index contributed by atoms with van der Waals surface area (Å²) in [4.78, 5) is 14.1. The van der Waals surface area contributed by atoms with E-state index in [-0.39, 0.29) is 11.7 Å². The molecule has 2 aromatic heterocycles. The van der Waals surface area contributed by atoms with Crippen LogP contribution in [0.3, 0.4) is 0 Å². The van der Waals surface area contributed by atoms with Crippen molar-refractivity contribution in [3.63, 3.8) is 0 Å². The Bertz CT molecular complexity index is 832. The van der Waals surface area contributed by atoms with Crippen molar-refractivity contribution >= 4 is 46.5 Å². The number of hydrogen-bond acceptors (Lipinski definition) is 7. The summed E-state index contributed by atoms with van der Waals surface area (Å²) >= 11 is 4.38. The largest absolute Gasteiger partial charge is 0.335 e. The molecule has 0 aliphatic rings. The molecule has 0 unspecified atom stereocenters. The van der Waals surface area contributed by atoms with Crippen LogP contribution in [0.4, 0.5) is 5.69 Å². The summed E-state index contributed by atoms with van der Waals surface area (Å²) in [6, 6.07) is 11.5. The first-order valence-electron chi connectivity index (χ1n) is 6.99. The predicted molar refractivity (Wildman–Crippen MR) is 101 cm³/mol. The van der Waals surface area contributed by atoms with E-state index >= 15 is 0 Å². The minimum absolute atomic E-state index is 0.109. The zero-order valence-corrected chi connectivity index (χ0v) is 15.3. The number of nitrogen functional groups attached to an aromatic ring is 1. The Balaban J connectivity index is 1.63. The summed E-state index contributed by atoms with van der Waals surface area (Å²) in [7, 11) is 0. The van der Waals surface area contributed by atoms with Crippen LogP contribution in [0.5, 0.6) is 0 Å². The molecule has 0 atom stereocenters. The van der Waals surface area contributed by atoms with E-state index in [1.165, 1.54) is 27.8 Å². The number of thiophene rings is 1. The number of anilines is 1. The lowest BCUT2D eigenvalue weighted by atomic mass is 10.3. The average Bonchev–Trinajstić information content (AvgIpc) is 3.23. The number of benzene rings is 1. The van der Waals surface area contributed by atoms with Gasteiger partial charge in [0.2, 0.25) is 11.1 Å². The fourth-order valence-corrected chi connectivity index (χ4v) is 3.93. The maximum atomic E-state index is 12.2. The van der Waals surface area contributed by atoms with E-state index in [1.54, 1.807) is 11.8 Å². The van der Waals surface area contributed by atoms with Gasteiger partial charge in [-0.1, -0.05) is 30.0 Å². The number of thioether (sulfide) groups is 2. The van der Waals surface area contributed by atoms with Crippen LogP contribution in [0.2, 0.25) is 0 Å². The molecule has 6 nitrogen and oxygen atoms in total. The van der Waals surface area contributed by atoms with Gasteiger partial charge in [-0.25, -0.2) is 4.68 Å². The molecule has 0 saturated heterocycles. The van der Waals surface area contributed by atoms with Crippen molar-refractivity contribution in [3.8, 4) is 10.7 Å². The standard InChI is InChI=1S/C15H15N5OS3/c1-22-11-6-3-2-5-10(11)17-13(21)9-24-15-19-18-14(20(15)16)12-7-4-8-23-12/h2-8H,9,16H2,1H3,(H,17,21). The van der Waals surface area contributed by atoms with Crippen LogP contribution >= 0.6 is 34.9 Å². The van der Waals surface area contributed by atoms with Gasteiger partial charge in [0, 0.05) is 4.90 Å². The summed E-state index contributed by atoms with van der Waals surface area (Å²) in [5.74, 6) is 6.72. The Morgan fingerprint density at radius 3 is 2.88 bits per heavy atom. The number of nitrogens with one attached hydrogen (secondary N) is 1. The van der Waals surface area contributed by atoms with Gasteiger partial charge in [0.15, 0.2) is 5.82 Å². The van der Waals surface area contributed by atoms with Crippen LogP contribution in [-0.4, -0.2) is 32.8 Å². The van der Waals surface area contributed by atoms with Crippen LogP contribution in [0.15, 0.2) is 51.8 Å². The first-order chi connectivity index (χ1) is 11.7. The van der Waals surface area contributed by atoms with Crippen molar-refractivity contribution in [1.82, 2.24) is 14.9 Å². The van der Waals surface area contributed by atoms with Gasteiger partial charge in [-0.15, -0.1) is 33.3 Å². The number of carbonyl (C=O) groups excluding carboxylic acids is 1. The van der Waals surface area contributed by atoms with E-state index in [9.17, 15) is 4.79 Å². The molecule has 0 aliphatic heterocycles. The Labute approximate surface area is 151 Å². The number of para-hydroxylation sites is 1. The highest BCUT2D eigenvalue weighted by molar-refractivity contribution is 7.99. The zero-order valence-electron chi connectivity index (χ0n) is 12.8. The molecule has 3 N–H and O–H groups in total. The Morgan fingerprint density at radius 1 is 1.29 bits per heavy atom. The van der Waals surface area contributed by atoms with Crippen molar-refractivity contribution in [3.05, 3.63) is 41.8 Å². The van der Waals surface area contributed by atoms with E-state index in [1.807, 2.05) is 48.0 Å². The summed E-state index contributed by atoms with van der Waals surface area (Å²) in [6.07, 6.45) is 1.97. The van der Waals surface area contributed by atoms with Gasteiger partial charge in [0.05, 0.1) is 16.3 Å². The molecule has 24 heavy (non-hydrogen) atoms. The third-order valence-electron chi connectivity index (χ3n) is 3.12. The maximum Gasteiger partial charge on any atom is 0.234 e. The third-order valence-corrected chi connectivity index (χ3v) is 5.72. The van der Waals surface area contributed by atoms with Crippen molar-refractivity contribution in [2.24, 2.45) is 0 Å². The zero-order chi connectivity index (χ0) is 16.9. The van der Waals surface area contributed by atoms with E-state index < -0.39 is 0 Å². The number of amides is 1. The lowest BCUT2D eigenvalue weighted by molar-refractivity contribution is -0.113. The number of carbonyl (C=O) groups is 1. The van der Waals surface area contributed by atoms with E-state index in [0.717, 1.165) is 15.5 Å². The van der Waals surface area contributed by atoms with Gasteiger partial charge in [-0.2, -0.15) is 0 Å². The fraction of sp³-hybridized carbons (Fsp3) is 0.133. The van der Waals surface area contributed by atoms with Gasteiger partial charge in [-0.05, 0) is 29.8 Å². The fourth-order valence-electron chi connectivity index (χ4n) is 2.01. The summed E-state index contributed by atoms with van der Waals surface area (Å²) in [5, 5.41) is 13.5. The summed E-state index contributed by atoms with van der Waals surface area (Å²) in [5.41, 5.74) is 0.809. The number of aromatic nitrogens is 3. The first-order valence-corrected chi connectivity index (χ1v) is 10.1. The summed E-state index contributed by atoms with van der Waals surface area (Å²) in [6.45, 7) is 0. The lowest BCUT2D eigenvalue weighted by Gasteiger charge is -2.08. The van der Waals surface area contributed by atoms with Crippen molar-refractivity contribution in [1.29, 1.82) is 0 Å². The molecule has 2 heterocycles. The van der Waals surface area contributed by atoms with Crippen molar-refractivity contribution in [2.45, 2.75) is 10.1 Å². The molecule has 9 heteroatoms. The smallest absolute Gasteiger partial charge is 0.234 e. The molecule has 3 aromatic rings. The molecular formula is C15H15N5OS3. The van der Waals surface area contributed by atoms with Crippen LogP contribution in [0.25, 0.3) is 10.7 Å². The van der Waals surface area contributed by atoms with Gasteiger partial charge < -0.3 is 11.2 Å². The molecule has 1 aromatic carbocycles. The number of rotatable bonds is 6. The SMILES string of the molecule is CSc1ccccc1NC(=O)CSc1nnc(-c2cccs2)n1N. The van der Waals surface area contributed by atoms with Crippen molar-refractivity contribution < 1.29 is 4.79 Å². The maximum absolute atomic E-state index is 12.2. The predicted octanol–water partition coefficient (Wildman–Crippen LogP) is 3.17. The normalized spacial score (nSPS) is 10.7. The molecule has 124 valence electrons. The van der Waals surface area contributed by atoms with Crippen LogP contribution in [0.1, 0.15) is 0 Å². The summed E-state index contributed by atoms with van der Waals surface area (Å²) < 4.78 is 1.42. The Kier molecular flexibility index (Phi) is 5.44. The molecule has 0 fully saturated rings. The van der Waals surface area contributed by atoms with Crippen LogP contribution in [0, 0.1) is 0 Å². The van der Waals surface area contributed by atoms with Gasteiger partial charge in [0.25, 0.3) is 0 Å². The van der Waals surface area contributed by atoms with Gasteiger partial charge >= 0.3 is 0 Å². The highest BCUT2D eigenvalue weighted by Gasteiger charge is 2.14. The Hall–Kier alpha value is -1.97. The van der Waals surface area contributed by atoms with E-state index in [0.29, 0.717) is 11.0 Å². The average molecular weight is 378 g/mol. The van der Waals surface area contributed by atoms with Gasteiger partial charge in [-0.3, -0.25) is 4.79 Å². The molecule has 3 rings (SSSR count). The topological polar surface area (TPSA) is 85.8 Å². The molecule has 0 bridgehead atoms. The number of nitrogens with two attached hydrogens (primary N) is 1. The second-order valence-corrected chi connectivity index (χ2v) is 7.43. The monoisotopic (exact) mass is 377 g/mol. The molecule has 1 amide bonds. The first kappa shape index (κ1) is 16.9. The van der Waals surface area contributed by atoms with Crippen molar-refractivity contribution in [2.75, 3.05) is 23.2 Å². The van der Waals surface area contributed by atoms with Crippen LogP contribution in [-0.2, 0) is 4.79 Å². The quantitative estimate of drug-likeness (QED) is 0.507. The Morgan fingerprint density at radius 2 is 2.12 bits per heavy atom. The highest BCUT2D eigenvalue weighted by atomic mass is 32.2. The molecular weight excluding hydrogens is 362 g/mol. The number of nitrogens with zero attached hydrogens (tertiary/aromatic N) is 3. The molecule has 0 spiro atoms. The highest BCUT2D eigenvalue weighted by Crippen LogP contribution is 2.26.